The molecule has 0 heterocycles. The summed E-state index contributed by atoms with van der Waals surface area (Å²) >= 11 is 0. The van der Waals surface area contributed by atoms with Crippen molar-refractivity contribution in [2.24, 2.45) is 5.73 Å². The Labute approximate surface area is 291 Å². The van der Waals surface area contributed by atoms with Crippen molar-refractivity contribution in [3.05, 3.63) is 0 Å². The van der Waals surface area contributed by atoms with Gasteiger partial charge in [0.1, 0.15) is 0 Å². The average Bonchev–Trinajstić information content (AvgIpc) is 3.05. The summed E-state index contributed by atoms with van der Waals surface area (Å²) < 4.78 is 22.1. The van der Waals surface area contributed by atoms with Crippen LogP contribution >= 0.6 is 7.82 Å². The number of phosphoric ester groups is 1. The monoisotopic (exact) mass is 691 g/mol. The lowest BCUT2D eigenvalue weighted by Gasteiger charge is -2.25. The standard InChI is InChI=1S/C38H79N2O6P/c1-3-5-7-9-11-13-15-17-18-20-22-24-26-28-30-32-38(42)40-36(35-46-47(43,44)45-34-33-39)37(41)31-29-27-25-23-21-19-16-14-12-10-8-6-4-2/h36-37,41H,3-35,39H2,1-2H3,(H,40,42)(H,43,44). The third-order valence-corrected chi connectivity index (χ3v) is 10.2. The van der Waals surface area contributed by atoms with Crippen molar-refractivity contribution < 1.29 is 28.4 Å². The molecule has 0 radical (unpaired) electrons. The topological polar surface area (TPSA) is 131 Å². The van der Waals surface area contributed by atoms with Crippen molar-refractivity contribution >= 4 is 13.7 Å². The summed E-state index contributed by atoms with van der Waals surface area (Å²) in [6.45, 7) is 4.22. The van der Waals surface area contributed by atoms with Gasteiger partial charge in [-0.3, -0.25) is 13.8 Å². The quantitative estimate of drug-likeness (QED) is 0.0374. The molecule has 47 heavy (non-hydrogen) atoms. The van der Waals surface area contributed by atoms with E-state index >= 15 is 0 Å². The van der Waals surface area contributed by atoms with E-state index in [9.17, 15) is 19.4 Å². The Balaban J connectivity index is 4.18. The second kappa shape index (κ2) is 35.3. The number of nitrogens with one attached hydrogen (secondary N) is 1. The number of carbonyl (C=O) groups is 1. The molecular formula is C38H79N2O6P. The zero-order valence-electron chi connectivity index (χ0n) is 31.0. The van der Waals surface area contributed by atoms with Crippen LogP contribution in [0.2, 0.25) is 0 Å². The van der Waals surface area contributed by atoms with E-state index in [2.05, 4.69) is 19.2 Å². The number of aliphatic hydroxyl groups excluding tert-OH is 1. The Kier molecular flexibility index (Phi) is 35.0. The number of hydrogen-bond acceptors (Lipinski definition) is 6. The zero-order chi connectivity index (χ0) is 34.7. The molecule has 0 aromatic heterocycles. The first-order valence-corrected chi connectivity index (χ1v) is 21.6. The third-order valence-electron chi connectivity index (χ3n) is 9.21. The second-order valence-corrected chi connectivity index (χ2v) is 15.3. The molecule has 0 saturated carbocycles. The van der Waals surface area contributed by atoms with Crippen LogP contribution in [0.4, 0.5) is 0 Å². The molecular weight excluding hydrogens is 611 g/mol. The Morgan fingerprint density at radius 2 is 0.979 bits per heavy atom. The first-order chi connectivity index (χ1) is 22.9. The Morgan fingerprint density at radius 1 is 0.617 bits per heavy atom. The van der Waals surface area contributed by atoms with Crippen LogP contribution < -0.4 is 11.1 Å². The van der Waals surface area contributed by atoms with E-state index in [-0.39, 0.29) is 25.7 Å². The molecule has 0 aromatic carbocycles. The predicted molar refractivity (Wildman–Crippen MR) is 199 cm³/mol. The first-order valence-electron chi connectivity index (χ1n) is 20.2. The third kappa shape index (κ3) is 33.8. The Morgan fingerprint density at radius 3 is 1.36 bits per heavy atom. The summed E-state index contributed by atoms with van der Waals surface area (Å²) in [6, 6.07) is -0.766. The van der Waals surface area contributed by atoms with E-state index in [1.54, 1.807) is 0 Å². The van der Waals surface area contributed by atoms with Crippen LogP contribution in [0.15, 0.2) is 0 Å². The van der Waals surface area contributed by atoms with Crippen LogP contribution in [0, 0.1) is 0 Å². The zero-order valence-corrected chi connectivity index (χ0v) is 31.9. The van der Waals surface area contributed by atoms with Crippen molar-refractivity contribution in [2.45, 2.75) is 219 Å². The van der Waals surface area contributed by atoms with Gasteiger partial charge in [-0.1, -0.05) is 187 Å². The van der Waals surface area contributed by atoms with Crippen molar-refractivity contribution in [3.8, 4) is 0 Å². The molecule has 0 aliphatic heterocycles. The van der Waals surface area contributed by atoms with E-state index < -0.39 is 20.0 Å². The first kappa shape index (κ1) is 46.5. The molecule has 0 saturated heterocycles. The van der Waals surface area contributed by atoms with Crippen LogP contribution in [-0.2, 0) is 18.4 Å². The fourth-order valence-electron chi connectivity index (χ4n) is 6.14. The minimum Gasteiger partial charge on any atom is -0.391 e. The number of hydrogen-bond donors (Lipinski definition) is 4. The molecule has 8 nitrogen and oxygen atoms in total. The van der Waals surface area contributed by atoms with Gasteiger partial charge in [-0.05, 0) is 12.8 Å². The van der Waals surface area contributed by atoms with Crippen molar-refractivity contribution in [1.82, 2.24) is 5.32 Å². The van der Waals surface area contributed by atoms with E-state index in [0.717, 1.165) is 38.5 Å². The number of amides is 1. The molecule has 0 spiro atoms. The maximum absolute atomic E-state index is 12.7. The SMILES string of the molecule is CCCCCCCCCCCCCCCCCC(=O)NC(COP(=O)(O)OCCN)C(O)CCCCCCCCCCCCCCC. The smallest absolute Gasteiger partial charge is 0.391 e. The van der Waals surface area contributed by atoms with Crippen LogP contribution in [0.25, 0.3) is 0 Å². The van der Waals surface area contributed by atoms with Crippen LogP contribution in [0.5, 0.6) is 0 Å². The van der Waals surface area contributed by atoms with E-state index in [4.69, 9.17) is 14.8 Å². The highest BCUT2D eigenvalue weighted by atomic mass is 31.2. The molecule has 5 N–H and O–H groups in total. The van der Waals surface area contributed by atoms with E-state index in [1.807, 2.05) is 0 Å². The van der Waals surface area contributed by atoms with Gasteiger partial charge in [0.15, 0.2) is 0 Å². The lowest BCUT2D eigenvalue weighted by atomic mass is 10.0. The molecule has 0 aliphatic carbocycles. The maximum Gasteiger partial charge on any atom is 0.472 e. The van der Waals surface area contributed by atoms with Gasteiger partial charge in [-0.25, -0.2) is 4.57 Å². The summed E-state index contributed by atoms with van der Waals surface area (Å²) in [7, 11) is -4.30. The van der Waals surface area contributed by atoms with Crippen LogP contribution in [0.1, 0.15) is 206 Å². The summed E-state index contributed by atoms with van der Waals surface area (Å²) in [5.74, 6) is -0.159. The molecule has 0 aliphatic rings. The van der Waals surface area contributed by atoms with Gasteiger partial charge in [-0.2, -0.15) is 0 Å². The summed E-state index contributed by atoms with van der Waals surface area (Å²) in [5, 5.41) is 13.8. The molecule has 9 heteroatoms. The number of unbranched alkanes of at least 4 members (excludes halogenated alkanes) is 26. The molecule has 0 rings (SSSR count). The summed E-state index contributed by atoms with van der Waals surface area (Å²) in [5.41, 5.74) is 5.37. The fourth-order valence-corrected chi connectivity index (χ4v) is 6.90. The summed E-state index contributed by atoms with van der Waals surface area (Å²) in [6.07, 6.45) is 35.3. The van der Waals surface area contributed by atoms with E-state index in [1.165, 1.54) is 141 Å². The molecule has 0 aromatic rings. The van der Waals surface area contributed by atoms with Crippen molar-refractivity contribution in [3.63, 3.8) is 0 Å². The van der Waals surface area contributed by atoms with Gasteiger partial charge >= 0.3 is 7.82 Å². The molecule has 1 amide bonds. The Bertz CT molecular complexity index is 714. The highest BCUT2D eigenvalue weighted by molar-refractivity contribution is 7.47. The van der Waals surface area contributed by atoms with Gasteiger partial charge in [0.25, 0.3) is 0 Å². The van der Waals surface area contributed by atoms with Gasteiger partial charge < -0.3 is 21.1 Å². The highest BCUT2D eigenvalue weighted by Gasteiger charge is 2.27. The lowest BCUT2D eigenvalue weighted by molar-refractivity contribution is -0.123. The van der Waals surface area contributed by atoms with Gasteiger partial charge in [0.05, 0.1) is 25.4 Å². The van der Waals surface area contributed by atoms with E-state index in [0.29, 0.717) is 12.8 Å². The van der Waals surface area contributed by atoms with Crippen LogP contribution in [0.3, 0.4) is 0 Å². The van der Waals surface area contributed by atoms with Gasteiger partial charge in [0, 0.05) is 13.0 Å². The minimum absolute atomic E-state index is 0.0923. The number of phosphoric acid groups is 1. The predicted octanol–water partition coefficient (Wildman–Crippen LogP) is 10.7. The lowest BCUT2D eigenvalue weighted by Crippen LogP contribution is -2.46. The minimum atomic E-state index is -4.30. The maximum atomic E-state index is 12.7. The van der Waals surface area contributed by atoms with Crippen LogP contribution in [-0.4, -0.2) is 47.8 Å². The number of rotatable bonds is 38. The van der Waals surface area contributed by atoms with Gasteiger partial charge in [0.2, 0.25) is 5.91 Å². The molecule has 3 atom stereocenters. The number of carbonyl (C=O) groups excluding carboxylic acids is 1. The molecule has 282 valence electrons. The normalized spacial score (nSPS) is 14.2. The second-order valence-electron chi connectivity index (χ2n) is 13.9. The molecule has 0 bridgehead atoms. The molecule has 0 fully saturated rings. The van der Waals surface area contributed by atoms with Crippen molar-refractivity contribution in [1.29, 1.82) is 0 Å². The Hall–Kier alpha value is -0.500. The number of aliphatic hydroxyl groups is 1. The number of nitrogens with two attached hydrogens (primary N) is 1. The average molecular weight is 691 g/mol. The highest BCUT2D eigenvalue weighted by Crippen LogP contribution is 2.43. The molecule has 3 unspecified atom stereocenters. The van der Waals surface area contributed by atoms with Crippen molar-refractivity contribution in [2.75, 3.05) is 19.8 Å². The van der Waals surface area contributed by atoms with Gasteiger partial charge in [-0.15, -0.1) is 0 Å². The largest absolute Gasteiger partial charge is 0.472 e. The summed E-state index contributed by atoms with van der Waals surface area (Å²) in [4.78, 5) is 22.6. The fraction of sp³-hybridized carbons (Fsp3) is 0.974.